The summed E-state index contributed by atoms with van der Waals surface area (Å²) in [6.45, 7) is 0.359. The number of urea groups is 1. The first-order valence-corrected chi connectivity index (χ1v) is 4.71. The molecule has 2 amide bonds. The van der Waals surface area contributed by atoms with E-state index >= 15 is 0 Å². The molecular weight excluding hydrogens is 239 g/mol. The first-order valence-electron chi connectivity index (χ1n) is 4.71. The number of carbonyl (C=O) groups excluding carboxylic acids is 1. The molecule has 1 rings (SSSR count). The highest BCUT2D eigenvalue weighted by molar-refractivity contribution is 5.73. The van der Waals surface area contributed by atoms with Crippen LogP contribution in [0, 0.1) is 6.92 Å². The van der Waals surface area contributed by atoms with Crippen LogP contribution in [0.5, 0.6) is 0 Å². The van der Waals surface area contributed by atoms with Gasteiger partial charge in [-0.3, -0.25) is 5.10 Å². The van der Waals surface area contributed by atoms with Gasteiger partial charge in [-0.25, -0.2) is 9.78 Å². The molecule has 1 aromatic heterocycles. The van der Waals surface area contributed by atoms with Crippen LogP contribution in [0.15, 0.2) is 0 Å². The van der Waals surface area contributed by atoms with Crippen molar-refractivity contribution in [3.05, 3.63) is 11.6 Å². The van der Waals surface area contributed by atoms with Gasteiger partial charge in [0.05, 0.1) is 6.54 Å². The van der Waals surface area contributed by atoms with Crippen LogP contribution in [-0.4, -0.2) is 45.9 Å². The summed E-state index contributed by atoms with van der Waals surface area (Å²) >= 11 is 0. The highest BCUT2D eigenvalue weighted by atomic mass is 19.4. The quantitative estimate of drug-likeness (QED) is 0.835. The van der Waals surface area contributed by atoms with Gasteiger partial charge < -0.3 is 10.2 Å². The number of aromatic nitrogens is 3. The number of aryl methyl sites for hydroxylation is 1. The molecule has 0 radical (unpaired) electrons. The Morgan fingerprint density at radius 2 is 2.18 bits per heavy atom. The number of halogens is 3. The molecule has 0 saturated carbocycles. The summed E-state index contributed by atoms with van der Waals surface area (Å²) in [5.41, 5.74) is 0. The molecule has 0 aliphatic carbocycles. The standard InChI is InChI=1S/C8H12F3N5O/c1-5-13-6(15-14-5)3-16(2)7(17)12-4-8(9,10)11/h3-4H2,1-2H3,(H,12,17)(H,13,14,15). The van der Waals surface area contributed by atoms with Crippen LogP contribution < -0.4 is 5.32 Å². The number of hydrogen-bond acceptors (Lipinski definition) is 3. The number of amides is 2. The summed E-state index contributed by atoms with van der Waals surface area (Å²) in [6, 6.07) is -0.829. The summed E-state index contributed by atoms with van der Waals surface area (Å²) in [5, 5.41) is 8.08. The Labute approximate surface area is 95.2 Å². The fourth-order valence-corrected chi connectivity index (χ4v) is 1.05. The van der Waals surface area contributed by atoms with E-state index in [1.807, 2.05) is 0 Å². The van der Waals surface area contributed by atoms with E-state index in [0.29, 0.717) is 11.6 Å². The lowest BCUT2D eigenvalue weighted by atomic mass is 10.5. The van der Waals surface area contributed by atoms with Crippen molar-refractivity contribution in [3.8, 4) is 0 Å². The Morgan fingerprint density at radius 3 is 2.65 bits per heavy atom. The van der Waals surface area contributed by atoms with Gasteiger partial charge in [0, 0.05) is 7.05 Å². The van der Waals surface area contributed by atoms with Gasteiger partial charge in [0.15, 0.2) is 5.82 Å². The molecule has 0 saturated heterocycles. The van der Waals surface area contributed by atoms with Gasteiger partial charge in [-0.1, -0.05) is 0 Å². The highest BCUT2D eigenvalue weighted by Crippen LogP contribution is 2.12. The summed E-state index contributed by atoms with van der Waals surface area (Å²) in [5.74, 6) is 0.913. The van der Waals surface area contributed by atoms with Gasteiger partial charge in [-0.15, -0.1) is 0 Å². The predicted octanol–water partition coefficient (Wildman–Crippen LogP) is 0.817. The van der Waals surface area contributed by atoms with Gasteiger partial charge >= 0.3 is 12.2 Å². The Hall–Kier alpha value is -1.80. The van der Waals surface area contributed by atoms with Crippen LogP contribution in [0.1, 0.15) is 11.6 Å². The van der Waals surface area contributed by atoms with E-state index < -0.39 is 18.8 Å². The van der Waals surface area contributed by atoms with Crippen LogP contribution in [0.4, 0.5) is 18.0 Å². The maximum Gasteiger partial charge on any atom is 0.405 e. The third-order valence-electron chi connectivity index (χ3n) is 1.81. The van der Waals surface area contributed by atoms with Crippen molar-refractivity contribution in [2.75, 3.05) is 13.6 Å². The Bertz CT molecular complexity index is 389. The van der Waals surface area contributed by atoms with E-state index in [9.17, 15) is 18.0 Å². The molecule has 1 heterocycles. The molecule has 96 valence electrons. The third-order valence-corrected chi connectivity index (χ3v) is 1.81. The summed E-state index contributed by atoms with van der Waals surface area (Å²) in [4.78, 5) is 16.2. The van der Waals surface area contributed by atoms with Crippen LogP contribution in [0.2, 0.25) is 0 Å². The molecule has 0 atom stereocenters. The number of nitrogens with one attached hydrogen (secondary N) is 2. The summed E-state index contributed by atoms with van der Waals surface area (Å²) in [6.07, 6.45) is -4.42. The SMILES string of the molecule is Cc1nc(CN(C)C(=O)NCC(F)(F)F)n[nH]1. The lowest BCUT2D eigenvalue weighted by Crippen LogP contribution is -2.41. The lowest BCUT2D eigenvalue weighted by molar-refractivity contribution is -0.123. The van der Waals surface area contributed by atoms with Crippen molar-refractivity contribution >= 4 is 6.03 Å². The van der Waals surface area contributed by atoms with Gasteiger partial charge in [-0.2, -0.15) is 18.3 Å². The van der Waals surface area contributed by atoms with Crippen molar-refractivity contribution < 1.29 is 18.0 Å². The van der Waals surface area contributed by atoms with E-state index in [0.717, 1.165) is 4.90 Å². The maximum absolute atomic E-state index is 11.8. The monoisotopic (exact) mass is 251 g/mol. The van der Waals surface area contributed by atoms with Crippen molar-refractivity contribution in [1.29, 1.82) is 0 Å². The van der Waals surface area contributed by atoms with E-state index in [4.69, 9.17) is 0 Å². The molecule has 0 bridgehead atoms. The number of nitrogens with zero attached hydrogens (tertiary/aromatic N) is 3. The van der Waals surface area contributed by atoms with Gasteiger partial charge in [-0.05, 0) is 6.92 Å². The zero-order valence-corrected chi connectivity index (χ0v) is 9.30. The second-order valence-corrected chi connectivity index (χ2v) is 3.47. The average molecular weight is 251 g/mol. The fraction of sp³-hybridized carbons (Fsp3) is 0.625. The van der Waals surface area contributed by atoms with Gasteiger partial charge in [0.2, 0.25) is 0 Å². The zero-order chi connectivity index (χ0) is 13.1. The first kappa shape index (κ1) is 13.3. The molecule has 17 heavy (non-hydrogen) atoms. The van der Waals surface area contributed by atoms with Crippen molar-refractivity contribution in [1.82, 2.24) is 25.4 Å². The first-order chi connectivity index (χ1) is 7.78. The summed E-state index contributed by atoms with van der Waals surface area (Å²) in [7, 11) is 1.36. The summed E-state index contributed by atoms with van der Waals surface area (Å²) < 4.78 is 35.5. The number of rotatable bonds is 3. The average Bonchev–Trinajstić information content (AvgIpc) is 2.59. The Balaban J connectivity index is 2.42. The van der Waals surface area contributed by atoms with Crippen LogP contribution in [0.3, 0.4) is 0 Å². The normalized spacial score (nSPS) is 11.4. The van der Waals surface area contributed by atoms with Crippen LogP contribution >= 0.6 is 0 Å². The second kappa shape index (κ2) is 5.02. The molecule has 0 aliphatic rings. The molecule has 0 aromatic carbocycles. The molecule has 0 spiro atoms. The number of aromatic amines is 1. The van der Waals surface area contributed by atoms with Crippen molar-refractivity contribution in [3.63, 3.8) is 0 Å². The van der Waals surface area contributed by atoms with Crippen LogP contribution in [0.25, 0.3) is 0 Å². The zero-order valence-electron chi connectivity index (χ0n) is 9.30. The topological polar surface area (TPSA) is 73.9 Å². The van der Waals surface area contributed by atoms with Crippen molar-refractivity contribution in [2.24, 2.45) is 0 Å². The minimum Gasteiger partial charge on any atom is -0.329 e. The van der Waals surface area contributed by atoms with Crippen molar-refractivity contribution in [2.45, 2.75) is 19.6 Å². The number of carbonyl (C=O) groups is 1. The predicted molar refractivity (Wildman–Crippen MR) is 52.0 cm³/mol. The molecule has 1 aromatic rings. The number of hydrogen-bond donors (Lipinski definition) is 2. The molecule has 9 heteroatoms. The molecule has 0 aliphatic heterocycles. The molecular formula is C8H12F3N5O. The van der Waals surface area contributed by atoms with E-state index in [2.05, 4.69) is 15.2 Å². The van der Waals surface area contributed by atoms with E-state index in [1.54, 1.807) is 12.2 Å². The lowest BCUT2D eigenvalue weighted by Gasteiger charge is -2.16. The molecule has 6 nitrogen and oxygen atoms in total. The second-order valence-electron chi connectivity index (χ2n) is 3.47. The Morgan fingerprint density at radius 1 is 1.53 bits per heavy atom. The van der Waals surface area contributed by atoms with Gasteiger partial charge in [0.25, 0.3) is 0 Å². The maximum atomic E-state index is 11.8. The van der Waals surface area contributed by atoms with E-state index in [1.165, 1.54) is 7.05 Å². The van der Waals surface area contributed by atoms with Gasteiger partial charge in [0.1, 0.15) is 12.4 Å². The molecule has 0 fully saturated rings. The number of alkyl halides is 3. The smallest absolute Gasteiger partial charge is 0.329 e. The van der Waals surface area contributed by atoms with E-state index in [-0.39, 0.29) is 6.54 Å². The third kappa shape index (κ3) is 4.70. The van der Waals surface area contributed by atoms with Crippen LogP contribution in [-0.2, 0) is 6.54 Å². The Kier molecular flexibility index (Phi) is 3.92. The molecule has 2 N–H and O–H groups in total. The minimum absolute atomic E-state index is 0.0357. The molecule has 0 unspecified atom stereocenters. The fourth-order valence-electron chi connectivity index (χ4n) is 1.05. The number of H-pyrrole nitrogens is 1. The highest BCUT2D eigenvalue weighted by Gasteiger charge is 2.28. The minimum atomic E-state index is -4.42. The largest absolute Gasteiger partial charge is 0.405 e.